The van der Waals surface area contributed by atoms with Crippen molar-refractivity contribution in [3.8, 4) is 0 Å². The van der Waals surface area contributed by atoms with Gasteiger partial charge in [-0.05, 0) is 0 Å². The molecule has 0 aromatic carbocycles. The van der Waals surface area contributed by atoms with Crippen LogP contribution >= 0.6 is 15.6 Å². The third-order valence-corrected chi connectivity index (χ3v) is 0. The summed E-state index contributed by atoms with van der Waals surface area (Å²) in [6.45, 7) is 0. The van der Waals surface area contributed by atoms with Crippen LogP contribution in [-0.4, -0.2) is 186 Å². The van der Waals surface area contributed by atoms with Crippen molar-refractivity contribution in [2.45, 2.75) is 0 Å². The molecule has 16 nitrogen and oxygen atoms in total. The molecule has 0 saturated carbocycles. The van der Waals surface area contributed by atoms with Gasteiger partial charge in [-0.1, -0.05) is 0 Å². The van der Waals surface area contributed by atoms with Crippen LogP contribution in [0.2, 0.25) is 0 Å². The first-order chi connectivity index (χ1) is 8.00. The fraction of sp³-hybridized carbons (Fsp3) is 0. The van der Waals surface area contributed by atoms with Crippen LogP contribution in [0.1, 0.15) is 0 Å². The Morgan fingerprint density at radius 1 is 0.462 bits per heavy atom. The number of hydrogen-bond donors (Lipinski definition) is 0. The zero-order chi connectivity index (χ0) is 18.0. The van der Waals surface area contributed by atoms with E-state index in [1.165, 1.54) is 0 Å². The standard InChI is InChI=1S/4Ca.2Na.2H3O4P.2H2O4S/c;;;;;;4*1-5(2,3)4/h;;;;;;2*(H3,1,2,3,4);2*(H2,1,2,3,4)/q4*+2;2*+1;;;;/p-10. The van der Waals surface area contributed by atoms with E-state index in [0.29, 0.717) is 0 Å². The molecule has 0 aliphatic carbocycles. The van der Waals surface area contributed by atoms with Crippen molar-refractivity contribution in [3.05, 3.63) is 0 Å². The van der Waals surface area contributed by atoms with Crippen LogP contribution in [0, 0.1) is 0 Å². The molecule has 128 valence electrons. The fourth-order valence-electron chi connectivity index (χ4n) is 0. The Kier molecular flexibility index (Phi) is 78.6. The van der Waals surface area contributed by atoms with E-state index in [1.54, 1.807) is 0 Å². The van der Waals surface area contributed by atoms with Gasteiger partial charge in [-0.3, -0.25) is 16.8 Å². The largest absolute Gasteiger partial charge is 2.00 e. The van der Waals surface area contributed by atoms with Gasteiger partial charge in [-0.25, -0.2) is 0 Å². The second-order valence-electron chi connectivity index (χ2n) is 1.71. The quantitative estimate of drug-likeness (QED) is 0.110. The smallest absolute Gasteiger partial charge is 0.822 e. The molecule has 0 unspecified atom stereocenters. The minimum Gasteiger partial charge on any atom is -0.822 e. The Morgan fingerprint density at radius 3 is 0.462 bits per heavy atom. The second kappa shape index (κ2) is 32.0. The summed E-state index contributed by atoms with van der Waals surface area (Å²) >= 11 is 0. The predicted molar refractivity (Wildman–Crippen MR) is 59.2 cm³/mol. The first kappa shape index (κ1) is 63.9. The Labute approximate surface area is 312 Å². The van der Waals surface area contributed by atoms with E-state index in [2.05, 4.69) is 0 Å². The van der Waals surface area contributed by atoms with Crippen molar-refractivity contribution in [1.29, 1.82) is 0 Å². The maximum absolute atomic E-state index is 8.55. The van der Waals surface area contributed by atoms with Gasteiger partial charge >= 0.3 is 210 Å². The van der Waals surface area contributed by atoms with Crippen LogP contribution in [0.15, 0.2) is 0 Å². The maximum atomic E-state index is 8.55. The number of phosphoric acid groups is 2. The third kappa shape index (κ3) is 569. The predicted octanol–water partition coefficient (Wildman–Crippen LogP) is -15.8. The summed E-state index contributed by atoms with van der Waals surface area (Å²) in [5.41, 5.74) is 0. The van der Waals surface area contributed by atoms with Gasteiger partial charge < -0.3 is 56.7 Å². The van der Waals surface area contributed by atoms with Crippen molar-refractivity contribution in [1.82, 2.24) is 0 Å². The first-order valence-electron chi connectivity index (χ1n) is 2.79. The summed E-state index contributed by atoms with van der Waals surface area (Å²) in [6, 6.07) is 0. The molecule has 0 aliphatic heterocycles. The Morgan fingerprint density at radius 2 is 0.462 bits per heavy atom. The zero-order valence-electron chi connectivity index (χ0n) is 13.1. The van der Waals surface area contributed by atoms with E-state index >= 15 is 0 Å². The summed E-state index contributed by atoms with van der Waals surface area (Å²) in [5, 5.41) is 0. The van der Waals surface area contributed by atoms with Crippen molar-refractivity contribution in [3.63, 3.8) is 0 Å². The van der Waals surface area contributed by atoms with Crippen molar-refractivity contribution < 1.29 is 133 Å². The molecule has 0 spiro atoms. The summed E-state index contributed by atoms with van der Waals surface area (Å²) in [7, 11) is -21.1. The SMILES string of the molecule is O=P([O-])([O-])[O-].O=P([O-])([O-])[O-].O=S(=O)([O-])[O-].O=S(=O)([O-])[O-].[Ca+2].[Ca+2].[Ca+2].[Ca+2].[Na+].[Na+]. The fourth-order valence-corrected chi connectivity index (χ4v) is 0. The average molecular weight is 588 g/mol. The first-order valence-corrected chi connectivity index (χ1v) is 8.38. The second-order valence-corrected chi connectivity index (χ2v) is 5.13. The van der Waals surface area contributed by atoms with Crippen LogP contribution in [0.5, 0.6) is 0 Å². The molecule has 26 heteroatoms. The molecule has 0 fully saturated rings. The minimum atomic E-state index is -5.39. The Hall–Kier alpha value is 7.00. The van der Waals surface area contributed by atoms with E-state index < -0.39 is 36.4 Å². The maximum Gasteiger partial charge on any atom is 2.00 e. The molecule has 0 aromatic heterocycles. The summed E-state index contributed by atoms with van der Waals surface area (Å²) in [5.74, 6) is 0. The van der Waals surface area contributed by atoms with E-state index in [1.807, 2.05) is 0 Å². The Balaban J connectivity index is -0.0000000152. The van der Waals surface area contributed by atoms with Crippen molar-refractivity contribution in [2.24, 2.45) is 0 Å². The molecule has 0 heterocycles. The van der Waals surface area contributed by atoms with Gasteiger partial charge in [0.1, 0.15) is 0 Å². The van der Waals surface area contributed by atoms with Gasteiger partial charge in [0.2, 0.25) is 0 Å². The molecule has 0 aliphatic rings. The molecule has 0 atom stereocenters. The normalized spacial score (nSPS) is 9.00. The van der Waals surface area contributed by atoms with Gasteiger partial charge in [-0.2, -0.15) is 15.6 Å². The molecule has 0 radical (unpaired) electrons. The van der Waals surface area contributed by atoms with E-state index in [9.17, 15) is 0 Å². The average Bonchev–Trinajstić information content (AvgIpc) is 1.62. The Bertz CT molecular complexity index is 450. The minimum absolute atomic E-state index is 0. The van der Waals surface area contributed by atoms with E-state index in [4.69, 9.17) is 73.5 Å². The van der Waals surface area contributed by atoms with Gasteiger partial charge in [0, 0.05) is 20.8 Å². The van der Waals surface area contributed by atoms with Crippen LogP contribution in [0.25, 0.3) is 0 Å². The van der Waals surface area contributed by atoms with Crippen LogP contribution in [-0.2, 0) is 29.9 Å². The molecule has 0 bridgehead atoms. The topological polar surface area (TPSA) is 333 Å². The zero-order valence-corrected chi connectivity index (χ0v) is 29.3. The third-order valence-electron chi connectivity index (χ3n) is 0. The molecular formula is Ca4Na2O16P2S2. The summed E-state index contributed by atoms with van der Waals surface area (Å²) in [6.07, 6.45) is 0. The monoisotopic (exact) mass is 588 g/mol. The van der Waals surface area contributed by atoms with E-state index in [0.717, 1.165) is 0 Å². The number of hydrogen-bond acceptors (Lipinski definition) is 16. The van der Waals surface area contributed by atoms with Gasteiger partial charge in [0.05, 0.1) is 0 Å². The van der Waals surface area contributed by atoms with E-state index in [-0.39, 0.29) is 210 Å². The summed E-state index contributed by atoms with van der Waals surface area (Å²) < 4.78 is 85.3. The van der Waals surface area contributed by atoms with Crippen molar-refractivity contribution in [2.75, 3.05) is 0 Å². The van der Waals surface area contributed by atoms with Gasteiger partial charge in [0.15, 0.2) is 0 Å². The van der Waals surface area contributed by atoms with Crippen LogP contribution < -0.4 is 88.5 Å². The van der Waals surface area contributed by atoms with Crippen LogP contribution in [0.3, 0.4) is 0 Å². The van der Waals surface area contributed by atoms with Gasteiger partial charge in [-0.15, -0.1) is 0 Å². The number of rotatable bonds is 0. The molecule has 0 N–H and O–H groups in total. The summed E-state index contributed by atoms with van der Waals surface area (Å²) in [4.78, 5) is 51.3. The van der Waals surface area contributed by atoms with Crippen molar-refractivity contribution >= 4 is 187 Å². The van der Waals surface area contributed by atoms with Crippen LogP contribution in [0.4, 0.5) is 0 Å². The molecular weight excluding hydrogens is 588 g/mol. The molecule has 0 amide bonds. The molecule has 26 heavy (non-hydrogen) atoms. The molecule has 0 saturated heterocycles. The van der Waals surface area contributed by atoms with Gasteiger partial charge in [0.25, 0.3) is 0 Å². The molecule has 0 rings (SSSR count). The molecule has 0 aromatic rings.